The fourth-order valence-electron chi connectivity index (χ4n) is 2.44. The molecule has 1 heterocycles. The first kappa shape index (κ1) is 14.4. The minimum Gasteiger partial charge on any atom is -0.497 e. The second kappa shape index (κ2) is 5.95. The van der Waals surface area contributed by atoms with Crippen LogP contribution in [0.2, 0.25) is 0 Å². The van der Waals surface area contributed by atoms with Gasteiger partial charge in [0.25, 0.3) is 0 Å². The molecule has 0 saturated carbocycles. The fourth-order valence-corrected chi connectivity index (χ4v) is 2.44. The molecule has 1 atom stereocenters. The van der Waals surface area contributed by atoms with E-state index in [1.54, 1.807) is 7.11 Å². The van der Waals surface area contributed by atoms with Crippen molar-refractivity contribution in [2.24, 2.45) is 7.05 Å². The molecule has 2 rings (SSSR count). The molecule has 0 fully saturated rings. The van der Waals surface area contributed by atoms with Crippen LogP contribution in [-0.4, -0.2) is 41.9 Å². The Morgan fingerprint density at radius 3 is 2.85 bits per heavy atom. The molecule has 0 aliphatic carbocycles. The zero-order valence-electron chi connectivity index (χ0n) is 12.0. The van der Waals surface area contributed by atoms with E-state index < -0.39 is 6.04 Å². The molecule has 0 radical (unpaired) electrons. The number of benzene rings is 1. The van der Waals surface area contributed by atoms with Crippen LogP contribution in [0.3, 0.4) is 0 Å². The van der Waals surface area contributed by atoms with Crippen molar-refractivity contribution in [3.8, 4) is 11.8 Å². The Hall–Kier alpha value is -2.03. The van der Waals surface area contributed by atoms with Crippen molar-refractivity contribution in [2.45, 2.75) is 6.04 Å². The van der Waals surface area contributed by atoms with Gasteiger partial charge in [-0.1, -0.05) is 0 Å². The zero-order valence-corrected chi connectivity index (χ0v) is 12.0. The number of likely N-dealkylation sites (N-methyl/N-ethyl adjacent to an activating group) is 1. The Morgan fingerprint density at radius 2 is 2.25 bits per heavy atom. The summed E-state index contributed by atoms with van der Waals surface area (Å²) in [5.41, 5.74) is 1.98. The summed E-state index contributed by atoms with van der Waals surface area (Å²) in [4.78, 5) is 1.84. The standard InChI is InChI=1S/C15H19N3O2/c1-17(6-7-19)15(9-16)13-10-18(2)14-5-4-11(20-3)8-12(13)14/h4-5,8,10,15,19H,6-7H2,1-3H3. The molecule has 1 N–H and O–H groups in total. The predicted molar refractivity (Wildman–Crippen MR) is 77.5 cm³/mol. The highest BCUT2D eigenvalue weighted by atomic mass is 16.5. The van der Waals surface area contributed by atoms with E-state index in [1.165, 1.54) is 0 Å². The van der Waals surface area contributed by atoms with Gasteiger partial charge in [-0.25, -0.2) is 0 Å². The molecule has 2 aromatic rings. The Bertz CT molecular complexity index is 642. The minimum atomic E-state index is -0.391. The number of rotatable bonds is 5. The number of aryl methyl sites for hydroxylation is 1. The first-order valence-electron chi connectivity index (χ1n) is 6.46. The number of hydrogen-bond donors (Lipinski definition) is 1. The van der Waals surface area contributed by atoms with Crippen LogP contribution in [0.4, 0.5) is 0 Å². The fraction of sp³-hybridized carbons (Fsp3) is 0.400. The second-order valence-electron chi connectivity index (χ2n) is 4.81. The molecule has 5 nitrogen and oxygen atoms in total. The van der Waals surface area contributed by atoms with Crippen LogP contribution in [0.15, 0.2) is 24.4 Å². The van der Waals surface area contributed by atoms with Crippen LogP contribution in [0.25, 0.3) is 10.9 Å². The van der Waals surface area contributed by atoms with Crippen molar-refractivity contribution >= 4 is 10.9 Å². The van der Waals surface area contributed by atoms with Crippen LogP contribution in [0, 0.1) is 11.3 Å². The van der Waals surface area contributed by atoms with E-state index in [2.05, 4.69) is 6.07 Å². The Kier molecular flexibility index (Phi) is 4.28. The van der Waals surface area contributed by atoms with E-state index in [4.69, 9.17) is 9.84 Å². The quantitative estimate of drug-likeness (QED) is 0.900. The number of aliphatic hydroxyl groups excluding tert-OH is 1. The van der Waals surface area contributed by atoms with Gasteiger partial charge in [-0.15, -0.1) is 0 Å². The van der Waals surface area contributed by atoms with E-state index in [-0.39, 0.29) is 6.61 Å². The lowest BCUT2D eigenvalue weighted by atomic mass is 10.1. The van der Waals surface area contributed by atoms with E-state index >= 15 is 0 Å². The lowest BCUT2D eigenvalue weighted by Gasteiger charge is -2.21. The first-order valence-corrected chi connectivity index (χ1v) is 6.46. The molecule has 5 heteroatoms. The second-order valence-corrected chi connectivity index (χ2v) is 4.81. The minimum absolute atomic E-state index is 0.0305. The third-order valence-electron chi connectivity index (χ3n) is 3.54. The molecule has 106 valence electrons. The topological polar surface area (TPSA) is 61.4 Å². The Balaban J connectivity index is 2.55. The van der Waals surface area contributed by atoms with Gasteiger partial charge in [0.2, 0.25) is 0 Å². The molecule has 0 aliphatic heterocycles. The average molecular weight is 273 g/mol. The van der Waals surface area contributed by atoms with E-state index in [0.29, 0.717) is 6.54 Å². The average Bonchev–Trinajstić information content (AvgIpc) is 2.77. The maximum atomic E-state index is 9.46. The number of aromatic nitrogens is 1. The lowest BCUT2D eigenvalue weighted by Crippen LogP contribution is -2.26. The monoisotopic (exact) mass is 273 g/mol. The summed E-state index contributed by atoms with van der Waals surface area (Å²) < 4.78 is 7.26. The largest absolute Gasteiger partial charge is 0.497 e. The van der Waals surface area contributed by atoms with Gasteiger partial charge in [-0.2, -0.15) is 5.26 Å². The summed E-state index contributed by atoms with van der Waals surface area (Å²) >= 11 is 0. The summed E-state index contributed by atoms with van der Waals surface area (Å²) in [5, 5.41) is 19.5. The molecule has 1 aromatic heterocycles. The molecule has 1 unspecified atom stereocenters. The lowest BCUT2D eigenvalue weighted by molar-refractivity contribution is 0.203. The molecule has 0 aliphatic rings. The number of nitrogens with zero attached hydrogens (tertiary/aromatic N) is 3. The Morgan fingerprint density at radius 1 is 1.50 bits per heavy atom. The highest BCUT2D eigenvalue weighted by Crippen LogP contribution is 2.31. The van der Waals surface area contributed by atoms with Crippen LogP contribution in [-0.2, 0) is 7.05 Å². The molecule has 0 bridgehead atoms. The van der Waals surface area contributed by atoms with Crippen molar-refractivity contribution in [3.05, 3.63) is 30.0 Å². The van der Waals surface area contributed by atoms with Crippen molar-refractivity contribution in [2.75, 3.05) is 27.3 Å². The van der Waals surface area contributed by atoms with Crippen LogP contribution < -0.4 is 4.74 Å². The van der Waals surface area contributed by atoms with Crippen molar-refractivity contribution in [1.29, 1.82) is 5.26 Å². The summed E-state index contributed by atoms with van der Waals surface area (Å²) in [7, 11) is 5.42. The van der Waals surface area contributed by atoms with Gasteiger partial charge in [-0.05, 0) is 25.2 Å². The molecule has 1 aromatic carbocycles. The van der Waals surface area contributed by atoms with Crippen molar-refractivity contribution in [1.82, 2.24) is 9.47 Å². The number of aliphatic hydroxyl groups is 1. The van der Waals surface area contributed by atoms with Gasteiger partial charge in [-0.3, -0.25) is 4.90 Å². The van der Waals surface area contributed by atoms with Gasteiger partial charge in [0.05, 0.1) is 19.8 Å². The molecule has 0 saturated heterocycles. The first-order chi connectivity index (χ1) is 9.62. The number of fused-ring (bicyclic) bond motifs is 1. The van der Waals surface area contributed by atoms with Crippen molar-refractivity contribution in [3.63, 3.8) is 0 Å². The summed E-state index contributed by atoms with van der Waals surface area (Å²) in [6, 6.07) is 7.75. The van der Waals surface area contributed by atoms with Crippen LogP contribution in [0.1, 0.15) is 11.6 Å². The van der Waals surface area contributed by atoms with Gasteiger partial charge < -0.3 is 14.4 Å². The molecule has 0 amide bonds. The maximum absolute atomic E-state index is 9.46. The molecular weight excluding hydrogens is 254 g/mol. The number of methoxy groups -OCH3 is 1. The summed E-state index contributed by atoms with van der Waals surface area (Å²) in [6.45, 7) is 0.487. The Labute approximate surface area is 118 Å². The van der Waals surface area contributed by atoms with Gasteiger partial charge >= 0.3 is 0 Å². The van der Waals surface area contributed by atoms with Crippen LogP contribution >= 0.6 is 0 Å². The van der Waals surface area contributed by atoms with Crippen molar-refractivity contribution < 1.29 is 9.84 Å². The van der Waals surface area contributed by atoms with Gasteiger partial charge in [0.1, 0.15) is 11.8 Å². The molecular formula is C15H19N3O2. The highest BCUT2D eigenvalue weighted by Gasteiger charge is 2.21. The normalized spacial score (nSPS) is 12.6. The molecule has 20 heavy (non-hydrogen) atoms. The smallest absolute Gasteiger partial charge is 0.125 e. The predicted octanol–water partition coefficient (Wildman–Crippen LogP) is 1.68. The SMILES string of the molecule is COc1ccc2c(c1)c(C(C#N)N(C)CCO)cn2C. The van der Waals surface area contributed by atoms with Gasteiger partial charge in [0.15, 0.2) is 0 Å². The molecule has 0 spiro atoms. The zero-order chi connectivity index (χ0) is 14.7. The third-order valence-corrected chi connectivity index (χ3v) is 3.54. The number of nitriles is 1. The van der Waals surface area contributed by atoms with E-state index in [1.807, 2.05) is 48.0 Å². The van der Waals surface area contributed by atoms with E-state index in [0.717, 1.165) is 22.2 Å². The van der Waals surface area contributed by atoms with Crippen LogP contribution in [0.5, 0.6) is 5.75 Å². The highest BCUT2D eigenvalue weighted by molar-refractivity contribution is 5.86. The number of ether oxygens (including phenoxy) is 1. The van der Waals surface area contributed by atoms with Gasteiger partial charge in [0, 0.05) is 36.3 Å². The summed E-state index contributed by atoms with van der Waals surface area (Å²) in [6.07, 6.45) is 1.96. The maximum Gasteiger partial charge on any atom is 0.125 e. The number of hydrogen-bond acceptors (Lipinski definition) is 4. The third kappa shape index (κ3) is 2.48. The summed E-state index contributed by atoms with van der Waals surface area (Å²) in [5.74, 6) is 0.770. The van der Waals surface area contributed by atoms with E-state index in [9.17, 15) is 5.26 Å².